The highest BCUT2D eigenvalue weighted by atomic mass is 19.1. The lowest BCUT2D eigenvalue weighted by atomic mass is 10.1. The summed E-state index contributed by atoms with van der Waals surface area (Å²) < 4.78 is 13.0. The number of hydrogen-bond donors (Lipinski definition) is 2. The normalized spacial score (nSPS) is 12.1. The highest BCUT2D eigenvalue weighted by Crippen LogP contribution is 2.10. The van der Waals surface area contributed by atoms with Gasteiger partial charge in [-0.25, -0.2) is 4.39 Å². The summed E-state index contributed by atoms with van der Waals surface area (Å²) in [6.45, 7) is 2.64. The van der Waals surface area contributed by atoms with Crippen LogP contribution in [0.1, 0.15) is 30.9 Å². The Labute approximate surface area is 101 Å². The van der Waals surface area contributed by atoms with E-state index in [-0.39, 0.29) is 18.5 Å². The number of hydrogen-bond acceptors (Lipinski definition) is 3. The van der Waals surface area contributed by atoms with E-state index in [1.54, 1.807) is 0 Å². The molecule has 0 aliphatic heterocycles. The monoisotopic (exact) mass is 236 g/mol. The van der Waals surface area contributed by atoms with Gasteiger partial charge in [0.1, 0.15) is 5.82 Å². The first-order valence-electron chi connectivity index (χ1n) is 5.70. The minimum Gasteiger partial charge on any atom is -0.396 e. The van der Waals surface area contributed by atoms with E-state index in [4.69, 9.17) is 10.4 Å². The Balaban J connectivity index is 2.56. The zero-order chi connectivity index (χ0) is 12.7. The Hall–Kier alpha value is -1.44. The van der Waals surface area contributed by atoms with Crippen LogP contribution in [0.2, 0.25) is 0 Å². The van der Waals surface area contributed by atoms with Gasteiger partial charge in [0.2, 0.25) is 0 Å². The van der Waals surface area contributed by atoms with Crippen LogP contribution < -0.4 is 5.32 Å². The van der Waals surface area contributed by atoms with Gasteiger partial charge in [-0.05, 0) is 43.5 Å². The smallest absolute Gasteiger partial charge is 0.123 e. The molecule has 4 heteroatoms. The molecular weight excluding hydrogens is 219 g/mol. The maximum atomic E-state index is 13.0. The molecule has 2 N–H and O–H groups in total. The van der Waals surface area contributed by atoms with Crippen molar-refractivity contribution >= 4 is 0 Å². The molecule has 3 nitrogen and oxygen atoms in total. The maximum Gasteiger partial charge on any atom is 0.123 e. The van der Waals surface area contributed by atoms with Gasteiger partial charge in [0.05, 0.1) is 11.6 Å². The highest BCUT2D eigenvalue weighted by Gasteiger charge is 2.06. The Bertz CT molecular complexity index is 401. The molecule has 1 aromatic rings. The first-order chi connectivity index (χ1) is 8.17. The molecule has 0 heterocycles. The van der Waals surface area contributed by atoms with Crippen LogP contribution in [-0.4, -0.2) is 17.8 Å². The van der Waals surface area contributed by atoms with E-state index in [9.17, 15) is 4.39 Å². The zero-order valence-corrected chi connectivity index (χ0v) is 9.91. The van der Waals surface area contributed by atoms with Crippen molar-refractivity contribution < 1.29 is 9.50 Å². The predicted octanol–water partition coefficient (Wildman–Crippen LogP) is 1.95. The van der Waals surface area contributed by atoms with E-state index in [2.05, 4.69) is 5.32 Å². The molecular formula is C13H17FN2O. The fraction of sp³-hybridized carbons (Fsp3) is 0.462. The van der Waals surface area contributed by atoms with Crippen molar-refractivity contribution in [2.24, 2.45) is 0 Å². The van der Waals surface area contributed by atoms with E-state index >= 15 is 0 Å². The fourth-order valence-electron chi connectivity index (χ4n) is 1.60. The largest absolute Gasteiger partial charge is 0.396 e. The third-order valence-corrected chi connectivity index (χ3v) is 2.62. The summed E-state index contributed by atoms with van der Waals surface area (Å²) in [4.78, 5) is 0. The third-order valence-electron chi connectivity index (χ3n) is 2.62. The van der Waals surface area contributed by atoms with Gasteiger partial charge in [0.15, 0.2) is 0 Å². The Kier molecular flexibility index (Phi) is 5.61. The number of rotatable bonds is 6. The van der Waals surface area contributed by atoms with Gasteiger partial charge >= 0.3 is 0 Å². The second-order valence-corrected chi connectivity index (χ2v) is 4.06. The van der Waals surface area contributed by atoms with Crippen LogP contribution >= 0.6 is 0 Å². The summed E-state index contributed by atoms with van der Waals surface area (Å²) >= 11 is 0. The van der Waals surface area contributed by atoms with E-state index in [0.29, 0.717) is 17.7 Å². The summed E-state index contributed by atoms with van der Waals surface area (Å²) in [5, 5.41) is 20.8. The van der Waals surface area contributed by atoms with Crippen LogP contribution in [0.15, 0.2) is 18.2 Å². The molecule has 0 saturated heterocycles. The van der Waals surface area contributed by atoms with Crippen molar-refractivity contribution in [2.75, 3.05) is 6.61 Å². The lowest BCUT2D eigenvalue weighted by Crippen LogP contribution is -2.26. The second-order valence-electron chi connectivity index (χ2n) is 4.06. The molecule has 0 fully saturated rings. The summed E-state index contributed by atoms with van der Waals surface area (Å²) in [5.41, 5.74) is 1.16. The minimum atomic E-state index is -0.330. The molecule has 0 saturated carbocycles. The molecule has 1 rings (SSSR count). The number of nitrogens with one attached hydrogen (secondary N) is 1. The van der Waals surface area contributed by atoms with Crippen molar-refractivity contribution in [3.63, 3.8) is 0 Å². The molecule has 0 aliphatic carbocycles. The standard InChI is InChI=1S/C13H17FN2O/c1-10(3-2-6-17)16-9-12-7-13(14)5-4-11(12)8-15/h4-5,7,10,16-17H,2-3,6,9H2,1H3. The highest BCUT2D eigenvalue weighted by molar-refractivity contribution is 5.37. The lowest BCUT2D eigenvalue weighted by Gasteiger charge is -2.13. The molecule has 0 spiro atoms. The van der Waals surface area contributed by atoms with Crippen molar-refractivity contribution in [2.45, 2.75) is 32.4 Å². The Morgan fingerprint density at radius 2 is 2.29 bits per heavy atom. The molecule has 1 aromatic carbocycles. The van der Waals surface area contributed by atoms with Crippen LogP contribution in [0.25, 0.3) is 0 Å². The Morgan fingerprint density at radius 1 is 1.53 bits per heavy atom. The number of nitrogens with zero attached hydrogens (tertiary/aromatic N) is 1. The van der Waals surface area contributed by atoms with E-state index in [0.717, 1.165) is 12.8 Å². The number of aliphatic hydroxyl groups excluding tert-OH is 1. The average Bonchev–Trinajstić information content (AvgIpc) is 2.34. The van der Waals surface area contributed by atoms with Gasteiger partial charge in [-0.3, -0.25) is 0 Å². The third kappa shape index (κ3) is 4.51. The summed E-state index contributed by atoms with van der Waals surface area (Å²) in [7, 11) is 0. The summed E-state index contributed by atoms with van der Waals surface area (Å²) in [5.74, 6) is -0.330. The molecule has 0 aliphatic rings. The van der Waals surface area contributed by atoms with E-state index in [1.807, 2.05) is 13.0 Å². The summed E-state index contributed by atoms with van der Waals surface area (Å²) in [6.07, 6.45) is 1.59. The van der Waals surface area contributed by atoms with Gasteiger partial charge in [0.25, 0.3) is 0 Å². The Morgan fingerprint density at radius 3 is 2.94 bits per heavy atom. The number of nitriles is 1. The molecule has 17 heavy (non-hydrogen) atoms. The topological polar surface area (TPSA) is 56.0 Å². The predicted molar refractivity (Wildman–Crippen MR) is 63.7 cm³/mol. The van der Waals surface area contributed by atoms with E-state index in [1.165, 1.54) is 18.2 Å². The molecule has 92 valence electrons. The first kappa shape index (κ1) is 13.6. The van der Waals surface area contributed by atoms with Crippen LogP contribution in [0, 0.1) is 17.1 Å². The van der Waals surface area contributed by atoms with Crippen molar-refractivity contribution in [1.82, 2.24) is 5.32 Å². The van der Waals surface area contributed by atoms with Crippen LogP contribution in [0.3, 0.4) is 0 Å². The van der Waals surface area contributed by atoms with Crippen molar-refractivity contribution in [3.05, 3.63) is 35.1 Å². The SMILES string of the molecule is CC(CCCO)NCc1cc(F)ccc1C#N. The van der Waals surface area contributed by atoms with Gasteiger partial charge in [0, 0.05) is 19.2 Å². The zero-order valence-electron chi connectivity index (χ0n) is 9.91. The van der Waals surface area contributed by atoms with Crippen LogP contribution in [0.4, 0.5) is 4.39 Å². The van der Waals surface area contributed by atoms with Crippen LogP contribution in [0.5, 0.6) is 0 Å². The molecule has 0 aromatic heterocycles. The molecule has 0 bridgehead atoms. The molecule has 1 atom stereocenters. The van der Waals surface area contributed by atoms with Gasteiger partial charge in [-0.2, -0.15) is 5.26 Å². The first-order valence-corrected chi connectivity index (χ1v) is 5.70. The van der Waals surface area contributed by atoms with Crippen molar-refractivity contribution in [1.29, 1.82) is 5.26 Å². The molecule has 0 radical (unpaired) electrons. The minimum absolute atomic E-state index is 0.176. The second kappa shape index (κ2) is 7.00. The summed E-state index contributed by atoms with van der Waals surface area (Å²) in [6, 6.07) is 6.44. The van der Waals surface area contributed by atoms with E-state index < -0.39 is 0 Å². The van der Waals surface area contributed by atoms with Gasteiger partial charge in [-0.1, -0.05) is 0 Å². The number of aliphatic hydroxyl groups is 1. The lowest BCUT2D eigenvalue weighted by molar-refractivity contribution is 0.276. The van der Waals surface area contributed by atoms with Gasteiger partial charge < -0.3 is 10.4 Å². The fourth-order valence-corrected chi connectivity index (χ4v) is 1.60. The number of halogens is 1. The molecule has 0 amide bonds. The quantitative estimate of drug-likeness (QED) is 0.793. The van der Waals surface area contributed by atoms with Crippen molar-refractivity contribution in [3.8, 4) is 6.07 Å². The average molecular weight is 236 g/mol. The molecule has 1 unspecified atom stereocenters. The van der Waals surface area contributed by atoms with Gasteiger partial charge in [-0.15, -0.1) is 0 Å². The maximum absolute atomic E-state index is 13.0. The van der Waals surface area contributed by atoms with Crippen LogP contribution in [-0.2, 0) is 6.54 Å². The number of benzene rings is 1.